The summed E-state index contributed by atoms with van der Waals surface area (Å²) in [4.78, 5) is 1.22. The number of hydrogen-bond donors (Lipinski definition) is 1. The van der Waals surface area contributed by atoms with E-state index in [1.54, 1.807) is 11.8 Å². The molecule has 0 aliphatic heterocycles. The van der Waals surface area contributed by atoms with E-state index < -0.39 is 0 Å². The van der Waals surface area contributed by atoms with E-state index >= 15 is 0 Å². The van der Waals surface area contributed by atoms with E-state index in [-0.39, 0.29) is 0 Å². The minimum atomic E-state index is 0.512. The van der Waals surface area contributed by atoms with Gasteiger partial charge in [0.15, 0.2) is 0 Å². The van der Waals surface area contributed by atoms with Crippen LogP contribution in [0.25, 0.3) is 0 Å². The second-order valence-electron chi connectivity index (χ2n) is 4.63. The molecule has 1 aliphatic carbocycles. The Balaban J connectivity index is 1.80. The second kappa shape index (κ2) is 5.71. The van der Waals surface area contributed by atoms with Gasteiger partial charge < -0.3 is 5.32 Å². The van der Waals surface area contributed by atoms with E-state index in [1.807, 2.05) is 4.68 Å². The average Bonchev–Trinajstić information content (AvgIpc) is 3.18. The van der Waals surface area contributed by atoms with Crippen LogP contribution in [0.2, 0.25) is 0 Å². The van der Waals surface area contributed by atoms with Gasteiger partial charge >= 0.3 is 0 Å². The first kappa shape index (κ1) is 12.6. The van der Waals surface area contributed by atoms with Gasteiger partial charge in [-0.1, -0.05) is 25.1 Å². The standard InChI is InChI=1S/C13H17N5S/c1-2-14-9-10-5-3-4-6-12(10)19-13-15-16-17-18(13)11-7-8-11/h3-6,11,14H,2,7-9H2,1H3. The predicted octanol–water partition coefficient (Wildman–Crippen LogP) is 2.27. The summed E-state index contributed by atoms with van der Waals surface area (Å²) in [5.41, 5.74) is 1.29. The highest BCUT2D eigenvalue weighted by Gasteiger charge is 2.28. The number of benzene rings is 1. The Kier molecular flexibility index (Phi) is 3.79. The van der Waals surface area contributed by atoms with Gasteiger partial charge in [0, 0.05) is 11.4 Å². The van der Waals surface area contributed by atoms with E-state index in [9.17, 15) is 0 Å². The first-order chi connectivity index (χ1) is 9.38. The first-order valence-electron chi connectivity index (χ1n) is 6.63. The maximum Gasteiger partial charge on any atom is 0.214 e. The van der Waals surface area contributed by atoms with Crippen molar-refractivity contribution in [3.8, 4) is 0 Å². The number of hydrogen-bond acceptors (Lipinski definition) is 5. The van der Waals surface area contributed by atoms with Crippen molar-refractivity contribution < 1.29 is 0 Å². The van der Waals surface area contributed by atoms with Crippen LogP contribution >= 0.6 is 11.8 Å². The summed E-state index contributed by atoms with van der Waals surface area (Å²) >= 11 is 1.65. The lowest BCUT2D eigenvalue weighted by molar-refractivity contribution is 0.565. The summed E-state index contributed by atoms with van der Waals surface area (Å²) in [6.45, 7) is 3.97. The van der Waals surface area contributed by atoms with Crippen molar-refractivity contribution in [3.63, 3.8) is 0 Å². The van der Waals surface area contributed by atoms with Gasteiger partial charge in [-0.15, -0.1) is 5.10 Å². The zero-order chi connectivity index (χ0) is 13.1. The molecule has 0 saturated heterocycles. The van der Waals surface area contributed by atoms with Crippen LogP contribution in [0.5, 0.6) is 0 Å². The smallest absolute Gasteiger partial charge is 0.214 e. The van der Waals surface area contributed by atoms with Gasteiger partial charge in [0.05, 0.1) is 6.04 Å². The Hall–Kier alpha value is -1.40. The summed E-state index contributed by atoms with van der Waals surface area (Å²) in [6, 6.07) is 8.92. The predicted molar refractivity (Wildman–Crippen MR) is 74.0 cm³/mol. The average molecular weight is 275 g/mol. The van der Waals surface area contributed by atoms with Gasteiger partial charge in [-0.2, -0.15) is 0 Å². The van der Waals surface area contributed by atoms with Crippen LogP contribution in [0.1, 0.15) is 31.4 Å². The second-order valence-corrected chi connectivity index (χ2v) is 5.64. The van der Waals surface area contributed by atoms with Gasteiger partial charge in [-0.05, 0) is 53.2 Å². The van der Waals surface area contributed by atoms with Crippen LogP contribution in [0.15, 0.2) is 34.3 Å². The topological polar surface area (TPSA) is 55.6 Å². The maximum absolute atomic E-state index is 4.14. The van der Waals surface area contributed by atoms with E-state index in [4.69, 9.17) is 0 Å². The summed E-state index contributed by atoms with van der Waals surface area (Å²) in [6.07, 6.45) is 2.38. The minimum absolute atomic E-state index is 0.512. The van der Waals surface area contributed by atoms with Crippen LogP contribution in [0, 0.1) is 0 Å². The zero-order valence-corrected chi connectivity index (χ0v) is 11.7. The van der Waals surface area contributed by atoms with Crippen LogP contribution < -0.4 is 5.32 Å². The lowest BCUT2D eigenvalue weighted by atomic mass is 10.2. The van der Waals surface area contributed by atoms with Crippen LogP contribution in [-0.2, 0) is 6.54 Å². The number of rotatable bonds is 6. The molecule has 1 saturated carbocycles. The number of nitrogens with zero attached hydrogens (tertiary/aromatic N) is 4. The molecule has 2 aromatic rings. The molecule has 6 heteroatoms. The molecule has 0 amide bonds. The van der Waals surface area contributed by atoms with Crippen LogP contribution in [0.4, 0.5) is 0 Å². The van der Waals surface area contributed by atoms with Gasteiger partial charge in [-0.25, -0.2) is 4.68 Å². The van der Waals surface area contributed by atoms with Crippen molar-refractivity contribution in [1.82, 2.24) is 25.5 Å². The molecular formula is C13H17N5S. The molecule has 0 unspecified atom stereocenters. The third-order valence-corrected chi connectivity index (χ3v) is 4.16. The van der Waals surface area contributed by atoms with Crippen molar-refractivity contribution >= 4 is 11.8 Å². The number of aromatic nitrogens is 4. The maximum atomic E-state index is 4.14. The van der Waals surface area contributed by atoms with E-state index in [0.717, 1.165) is 18.2 Å². The molecule has 1 aromatic heterocycles. The Labute approximate surface area is 116 Å². The molecule has 3 rings (SSSR count). The van der Waals surface area contributed by atoms with Crippen LogP contribution in [-0.4, -0.2) is 26.8 Å². The van der Waals surface area contributed by atoms with Gasteiger partial charge in [-0.3, -0.25) is 0 Å². The van der Waals surface area contributed by atoms with Gasteiger partial charge in [0.1, 0.15) is 0 Å². The zero-order valence-electron chi connectivity index (χ0n) is 10.9. The number of tetrazole rings is 1. The third-order valence-electron chi connectivity index (χ3n) is 3.09. The lowest BCUT2D eigenvalue weighted by Crippen LogP contribution is -2.12. The molecule has 1 aliphatic rings. The van der Waals surface area contributed by atoms with Crippen LogP contribution in [0.3, 0.4) is 0 Å². The van der Waals surface area contributed by atoms with Crippen molar-refractivity contribution in [2.24, 2.45) is 0 Å². The molecular weight excluding hydrogens is 258 g/mol. The summed E-state index contributed by atoms with van der Waals surface area (Å²) < 4.78 is 1.95. The fraction of sp³-hybridized carbons (Fsp3) is 0.462. The molecule has 100 valence electrons. The first-order valence-corrected chi connectivity index (χ1v) is 7.44. The fourth-order valence-electron chi connectivity index (χ4n) is 1.91. The molecule has 1 aromatic carbocycles. The molecule has 0 radical (unpaired) electrons. The largest absolute Gasteiger partial charge is 0.313 e. The fourth-order valence-corrected chi connectivity index (χ4v) is 2.88. The molecule has 0 spiro atoms. The highest BCUT2D eigenvalue weighted by atomic mass is 32.2. The Morgan fingerprint density at radius 3 is 3.00 bits per heavy atom. The third kappa shape index (κ3) is 2.96. The quantitative estimate of drug-likeness (QED) is 0.876. The highest BCUT2D eigenvalue weighted by Crippen LogP contribution is 2.38. The van der Waals surface area contributed by atoms with Gasteiger partial charge in [0.25, 0.3) is 0 Å². The highest BCUT2D eigenvalue weighted by molar-refractivity contribution is 7.99. The summed E-state index contributed by atoms with van der Waals surface area (Å²) in [7, 11) is 0. The molecule has 19 heavy (non-hydrogen) atoms. The summed E-state index contributed by atoms with van der Waals surface area (Å²) in [5.74, 6) is 0. The SMILES string of the molecule is CCNCc1ccccc1Sc1nnnn1C1CC1. The Bertz CT molecular complexity index is 549. The normalized spacial score (nSPS) is 14.8. The molecule has 5 nitrogen and oxygen atoms in total. The number of nitrogens with one attached hydrogen (secondary N) is 1. The molecule has 1 fully saturated rings. The van der Waals surface area contributed by atoms with E-state index in [2.05, 4.69) is 52.0 Å². The monoisotopic (exact) mass is 275 g/mol. The Morgan fingerprint density at radius 1 is 1.37 bits per heavy atom. The summed E-state index contributed by atoms with van der Waals surface area (Å²) in [5, 5.41) is 16.3. The molecule has 1 heterocycles. The van der Waals surface area contributed by atoms with Crippen molar-refractivity contribution in [2.45, 2.75) is 42.4 Å². The van der Waals surface area contributed by atoms with Crippen molar-refractivity contribution in [3.05, 3.63) is 29.8 Å². The van der Waals surface area contributed by atoms with E-state index in [1.165, 1.54) is 23.3 Å². The Morgan fingerprint density at radius 2 is 2.21 bits per heavy atom. The lowest BCUT2D eigenvalue weighted by Gasteiger charge is -2.09. The van der Waals surface area contributed by atoms with Gasteiger partial charge in [0.2, 0.25) is 5.16 Å². The van der Waals surface area contributed by atoms with Crippen molar-refractivity contribution in [2.75, 3.05) is 6.54 Å². The van der Waals surface area contributed by atoms with Crippen molar-refractivity contribution in [1.29, 1.82) is 0 Å². The molecule has 0 atom stereocenters. The van der Waals surface area contributed by atoms with E-state index in [0.29, 0.717) is 6.04 Å². The molecule has 1 N–H and O–H groups in total. The minimum Gasteiger partial charge on any atom is -0.313 e. The molecule has 0 bridgehead atoms.